The van der Waals surface area contributed by atoms with Crippen molar-refractivity contribution < 1.29 is 9.47 Å². The summed E-state index contributed by atoms with van der Waals surface area (Å²) in [6.07, 6.45) is 1.28. The maximum absolute atomic E-state index is 5.42. The molecule has 1 saturated heterocycles. The molecule has 0 bridgehead atoms. The van der Waals surface area contributed by atoms with Gasteiger partial charge in [-0.2, -0.15) is 0 Å². The second kappa shape index (κ2) is 3.56. The minimum absolute atomic E-state index is 0.397. The summed E-state index contributed by atoms with van der Waals surface area (Å²) in [6, 6.07) is 1.07. The smallest absolute Gasteiger partial charge is 0.0701 e. The molecule has 0 aromatic carbocycles. The third kappa shape index (κ3) is 2.42. The van der Waals surface area contributed by atoms with E-state index in [2.05, 4.69) is 19.2 Å². The zero-order valence-corrected chi connectivity index (χ0v) is 8.51. The van der Waals surface area contributed by atoms with Crippen LogP contribution in [0.1, 0.15) is 20.3 Å². The lowest BCUT2D eigenvalue weighted by Crippen LogP contribution is -2.39. The van der Waals surface area contributed by atoms with Gasteiger partial charge in [0.05, 0.1) is 32.5 Å². The van der Waals surface area contributed by atoms with Crippen molar-refractivity contribution in [3.8, 4) is 0 Å². The fourth-order valence-corrected chi connectivity index (χ4v) is 1.75. The summed E-state index contributed by atoms with van der Waals surface area (Å²) in [5.41, 5.74) is 0.492. The molecular formula is C10H19NO2. The van der Waals surface area contributed by atoms with Crippen molar-refractivity contribution in [2.75, 3.05) is 26.4 Å². The van der Waals surface area contributed by atoms with Crippen LogP contribution in [0.2, 0.25) is 0 Å². The molecule has 1 heterocycles. The normalized spacial score (nSPS) is 34.2. The fraction of sp³-hybridized carbons (Fsp3) is 1.00. The predicted molar refractivity (Wildman–Crippen MR) is 50.7 cm³/mol. The van der Waals surface area contributed by atoms with Crippen LogP contribution in [0.3, 0.4) is 0 Å². The molecule has 1 atom stereocenters. The Morgan fingerprint density at radius 1 is 1.15 bits per heavy atom. The first-order valence-electron chi connectivity index (χ1n) is 5.10. The van der Waals surface area contributed by atoms with Crippen LogP contribution >= 0.6 is 0 Å². The Bertz CT molecular complexity index is 174. The van der Waals surface area contributed by atoms with Crippen molar-refractivity contribution in [2.45, 2.75) is 32.4 Å². The van der Waals surface area contributed by atoms with Gasteiger partial charge in [0.25, 0.3) is 0 Å². The van der Waals surface area contributed by atoms with E-state index in [9.17, 15) is 0 Å². The molecule has 1 aliphatic heterocycles. The summed E-state index contributed by atoms with van der Waals surface area (Å²) in [4.78, 5) is 0. The maximum atomic E-state index is 5.42. The fourth-order valence-electron chi connectivity index (χ4n) is 1.75. The van der Waals surface area contributed by atoms with Crippen molar-refractivity contribution in [1.29, 1.82) is 0 Å². The molecule has 3 nitrogen and oxygen atoms in total. The summed E-state index contributed by atoms with van der Waals surface area (Å²) >= 11 is 0. The monoisotopic (exact) mass is 185 g/mol. The van der Waals surface area contributed by atoms with E-state index < -0.39 is 0 Å². The summed E-state index contributed by atoms with van der Waals surface area (Å²) in [6.45, 7) is 7.67. The van der Waals surface area contributed by atoms with E-state index in [1.54, 1.807) is 0 Å². The van der Waals surface area contributed by atoms with Crippen LogP contribution in [-0.4, -0.2) is 38.5 Å². The lowest BCUT2D eigenvalue weighted by atomic mass is 10.2. The van der Waals surface area contributed by atoms with Gasteiger partial charge in [-0.3, -0.25) is 0 Å². The van der Waals surface area contributed by atoms with Crippen molar-refractivity contribution >= 4 is 0 Å². The van der Waals surface area contributed by atoms with Gasteiger partial charge in [0.15, 0.2) is 0 Å². The standard InChI is InChI=1S/C10H19NO2/c1-10(2)5-9(10)11-8-6-12-3-4-13-7-8/h8-9,11H,3-7H2,1-2H3. The summed E-state index contributed by atoms with van der Waals surface area (Å²) in [5, 5.41) is 3.57. The minimum Gasteiger partial charge on any atom is -0.377 e. The summed E-state index contributed by atoms with van der Waals surface area (Å²) in [5.74, 6) is 0. The first kappa shape index (κ1) is 9.44. The van der Waals surface area contributed by atoms with Crippen molar-refractivity contribution in [3.05, 3.63) is 0 Å². The summed E-state index contributed by atoms with van der Waals surface area (Å²) in [7, 11) is 0. The average Bonchev–Trinajstić information content (AvgIpc) is 2.73. The topological polar surface area (TPSA) is 30.5 Å². The van der Waals surface area contributed by atoms with Gasteiger partial charge in [0.1, 0.15) is 0 Å². The Morgan fingerprint density at radius 2 is 1.69 bits per heavy atom. The van der Waals surface area contributed by atoms with Crippen molar-refractivity contribution in [3.63, 3.8) is 0 Å². The van der Waals surface area contributed by atoms with Crippen LogP contribution in [0.15, 0.2) is 0 Å². The van der Waals surface area contributed by atoms with E-state index in [0.717, 1.165) is 26.4 Å². The van der Waals surface area contributed by atoms with Gasteiger partial charge in [-0.05, 0) is 11.8 Å². The van der Waals surface area contributed by atoms with Crippen LogP contribution < -0.4 is 5.32 Å². The third-order valence-electron chi connectivity index (χ3n) is 2.96. The van der Waals surface area contributed by atoms with Crippen LogP contribution in [0.4, 0.5) is 0 Å². The maximum Gasteiger partial charge on any atom is 0.0701 e. The largest absolute Gasteiger partial charge is 0.377 e. The van der Waals surface area contributed by atoms with Gasteiger partial charge < -0.3 is 14.8 Å². The van der Waals surface area contributed by atoms with Gasteiger partial charge in [0.2, 0.25) is 0 Å². The Morgan fingerprint density at radius 3 is 2.15 bits per heavy atom. The molecule has 76 valence electrons. The molecule has 2 fully saturated rings. The summed E-state index contributed by atoms with van der Waals surface area (Å²) < 4.78 is 10.8. The minimum atomic E-state index is 0.397. The van der Waals surface area contributed by atoms with Crippen LogP contribution in [0.25, 0.3) is 0 Å². The van der Waals surface area contributed by atoms with Crippen molar-refractivity contribution in [1.82, 2.24) is 5.32 Å². The molecule has 2 aliphatic rings. The average molecular weight is 185 g/mol. The number of nitrogens with one attached hydrogen (secondary N) is 1. The quantitative estimate of drug-likeness (QED) is 0.690. The molecule has 0 spiro atoms. The molecule has 1 unspecified atom stereocenters. The molecule has 1 N–H and O–H groups in total. The molecule has 1 saturated carbocycles. The highest BCUT2D eigenvalue weighted by molar-refractivity contribution is 5.02. The van der Waals surface area contributed by atoms with Crippen LogP contribution in [-0.2, 0) is 9.47 Å². The van der Waals surface area contributed by atoms with E-state index in [0.29, 0.717) is 17.5 Å². The van der Waals surface area contributed by atoms with Gasteiger partial charge in [-0.1, -0.05) is 13.8 Å². The lowest BCUT2D eigenvalue weighted by molar-refractivity contribution is 0.103. The van der Waals surface area contributed by atoms with Gasteiger partial charge in [-0.25, -0.2) is 0 Å². The van der Waals surface area contributed by atoms with Gasteiger partial charge in [-0.15, -0.1) is 0 Å². The Balaban J connectivity index is 1.74. The third-order valence-corrected chi connectivity index (χ3v) is 2.96. The Kier molecular flexibility index (Phi) is 2.58. The molecule has 0 aromatic heterocycles. The first-order valence-corrected chi connectivity index (χ1v) is 5.10. The van der Waals surface area contributed by atoms with E-state index in [1.165, 1.54) is 6.42 Å². The zero-order chi connectivity index (χ0) is 9.31. The predicted octanol–water partition coefficient (Wildman–Crippen LogP) is 0.790. The molecule has 0 radical (unpaired) electrons. The van der Waals surface area contributed by atoms with E-state index in [1.807, 2.05) is 0 Å². The SMILES string of the molecule is CC1(C)CC1NC1COCCOC1. The molecular weight excluding hydrogens is 166 g/mol. The molecule has 2 rings (SSSR count). The number of hydrogen-bond donors (Lipinski definition) is 1. The second-order valence-corrected chi connectivity index (χ2v) is 4.76. The van der Waals surface area contributed by atoms with E-state index in [4.69, 9.17) is 9.47 Å². The highest BCUT2D eigenvalue weighted by Gasteiger charge is 2.46. The highest BCUT2D eigenvalue weighted by atomic mass is 16.5. The van der Waals surface area contributed by atoms with Crippen LogP contribution in [0.5, 0.6) is 0 Å². The van der Waals surface area contributed by atoms with E-state index in [-0.39, 0.29) is 0 Å². The molecule has 1 aliphatic carbocycles. The Hall–Kier alpha value is -0.120. The zero-order valence-electron chi connectivity index (χ0n) is 8.51. The molecule has 13 heavy (non-hydrogen) atoms. The van der Waals surface area contributed by atoms with Crippen molar-refractivity contribution in [2.24, 2.45) is 5.41 Å². The number of hydrogen-bond acceptors (Lipinski definition) is 3. The van der Waals surface area contributed by atoms with E-state index >= 15 is 0 Å². The van der Waals surface area contributed by atoms with Gasteiger partial charge >= 0.3 is 0 Å². The number of ether oxygens (including phenoxy) is 2. The van der Waals surface area contributed by atoms with Crippen LogP contribution in [0, 0.1) is 5.41 Å². The lowest BCUT2D eigenvalue weighted by Gasteiger charge is -2.16. The Labute approximate surface area is 79.8 Å². The number of rotatable bonds is 2. The molecule has 0 aromatic rings. The second-order valence-electron chi connectivity index (χ2n) is 4.76. The molecule has 0 amide bonds. The van der Waals surface area contributed by atoms with Gasteiger partial charge in [0, 0.05) is 6.04 Å². The molecule has 3 heteroatoms. The highest BCUT2D eigenvalue weighted by Crippen LogP contribution is 2.44. The first-order chi connectivity index (χ1) is 6.18.